The van der Waals surface area contributed by atoms with Gasteiger partial charge in [0.2, 0.25) is 5.91 Å². The van der Waals surface area contributed by atoms with E-state index in [0.717, 1.165) is 0 Å². The Labute approximate surface area is 140 Å². The molecule has 1 N–H and O–H groups in total. The lowest BCUT2D eigenvalue weighted by Crippen LogP contribution is -2.42. The van der Waals surface area contributed by atoms with E-state index < -0.39 is 10.9 Å². The molecular weight excluding hydrogens is 314 g/mol. The summed E-state index contributed by atoms with van der Waals surface area (Å²) in [5.41, 5.74) is 0.271. The van der Waals surface area contributed by atoms with Crippen molar-refractivity contribution in [3.05, 3.63) is 34.4 Å². The summed E-state index contributed by atoms with van der Waals surface area (Å²) < 4.78 is 0. The third kappa shape index (κ3) is 5.86. The van der Waals surface area contributed by atoms with Crippen molar-refractivity contribution >= 4 is 23.3 Å². The molecule has 0 aliphatic carbocycles. The molecule has 1 amide bonds. The molecule has 8 heteroatoms. The van der Waals surface area contributed by atoms with Gasteiger partial charge >= 0.3 is 5.97 Å². The normalized spacial score (nSPS) is 10.5. The van der Waals surface area contributed by atoms with Gasteiger partial charge in [0.25, 0.3) is 5.69 Å². The molecule has 0 unspecified atom stereocenters. The third-order valence-electron chi connectivity index (χ3n) is 3.40. The fourth-order valence-corrected chi connectivity index (χ4v) is 2.32. The van der Waals surface area contributed by atoms with Crippen LogP contribution in [0.3, 0.4) is 0 Å². The van der Waals surface area contributed by atoms with Crippen molar-refractivity contribution in [3.63, 3.8) is 0 Å². The topological polar surface area (TPSA) is 104 Å². The second-order valence-electron chi connectivity index (χ2n) is 5.98. The molecule has 8 nitrogen and oxygen atoms in total. The van der Waals surface area contributed by atoms with Crippen molar-refractivity contribution < 1.29 is 19.6 Å². The van der Waals surface area contributed by atoms with Crippen molar-refractivity contribution in [2.45, 2.75) is 20.3 Å². The number of carbonyl (C=O) groups excluding carboxylic acids is 1. The highest BCUT2D eigenvalue weighted by Crippen LogP contribution is 2.26. The van der Waals surface area contributed by atoms with Crippen LogP contribution >= 0.6 is 0 Å². The van der Waals surface area contributed by atoms with E-state index in [1.165, 1.54) is 15.9 Å². The van der Waals surface area contributed by atoms with E-state index in [4.69, 9.17) is 5.11 Å². The standard InChI is InChI=1S/C16H23N3O5/c1-12(2)10-18(9-8-16(21)22)15(20)11-17(3)13-6-4-5-7-14(13)19(23)24/h4-7,12H,8-11H2,1-3H3,(H,21,22). The molecular formula is C16H23N3O5. The third-order valence-corrected chi connectivity index (χ3v) is 3.40. The number of likely N-dealkylation sites (N-methyl/N-ethyl adjacent to an activating group) is 1. The molecule has 1 aromatic rings. The molecule has 0 aliphatic heterocycles. The van der Waals surface area contributed by atoms with Crippen LogP contribution < -0.4 is 4.90 Å². The van der Waals surface area contributed by atoms with E-state index >= 15 is 0 Å². The van der Waals surface area contributed by atoms with Crippen molar-refractivity contribution in [2.75, 3.05) is 31.6 Å². The molecule has 1 aromatic carbocycles. The first-order chi connectivity index (χ1) is 11.2. The number of para-hydroxylation sites is 2. The van der Waals surface area contributed by atoms with Crippen LogP contribution in [0, 0.1) is 16.0 Å². The van der Waals surface area contributed by atoms with E-state index in [2.05, 4.69) is 0 Å². The molecule has 0 spiro atoms. The Morgan fingerprint density at radius 1 is 1.29 bits per heavy atom. The highest BCUT2D eigenvalue weighted by molar-refractivity contribution is 5.83. The first-order valence-electron chi connectivity index (χ1n) is 7.66. The van der Waals surface area contributed by atoms with Gasteiger partial charge in [-0.25, -0.2) is 0 Å². The number of hydrogen-bond acceptors (Lipinski definition) is 5. The zero-order valence-electron chi connectivity index (χ0n) is 14.1. The van der Waals surface area contributed by atoms with Crippen molar-refractivity contribution in [3.8, 4) is 0 Å². The van der Waals surface area contributed by atoms with Gasteiger partial charge in [-0.05, 0) is 12.0 Å². The Morgan fingerprint density at radius 2 is 1.92 bits per heavy atom. The molecule has 0 atom stereocenters. The van der Waals surface area contributed by atoms with E-state index in [-0.39, 0.29) is 37.0 Å². The highest BCUT2D eigenvalue weighted by atomic mass is 16.6. The lowest BCUT2D eigenvalue weighted by atomic mass is 10.2. The van der Waals surface area contributed by atoms with Crippen LogP contribution in [-0.4, -0.2) is 53.5 Å². The summed E-state index contributed by atoms with van der Waals surface area (Å²) in [5, 5.41) is 19.9. The number of anilines is 1. The largest absolute Gasteiger partial charge is 0.481 e. The van der Waals surface area contributed by atoms with Crippen LogP contribution in [0.1, 0.15) is 20.3 Å². The Morgan fingerprint density at radius 3 is 2.46 bits per heavy atom. The lowest BCUT2D eigenvalue weighted by Gasteiger charge is -2.27. The minimum atomic E-state index is -0.969. The van der Waals surface area contributed by atoms with E-state index in [0.29, 0.717) is 12.2 Å². The van der Waals surface area contributed by atoms with E-state index in [1.54, 1.807) is 25.2 Å². The first-order valence-corrected chi connectivity index (χ1v) is 7.66. The number of carbonyl (C=O) groups is 2. The predicted octanol–water partition coefficient (Wildman–Crippen LogP) is 1.99. The summed E-state index contributed by atoms with van der Waals surface area (Å²) in [5.74, 6) is -1.03. The zero-order valence-corrected chi connectivity index (χ0v) is 14.1. The summed E-state index contributed by atoms with van der Waals surface area (Å²) >= 11 is 0. The average molecular weight is 337 g/mol. The first kappa shape index (κ1) is 19.4. The maximum atomic E-state index is 12.5. The molecule has 1 rings (SSSR count). The summed E-state index contributed by atoms with van der Waals surface area (Å²) in [7, 11) is 1.60. The van der Waals surface area contributed by atoms with Crippen LogP contribution in [0.5, 0.6) is 0 Å². The number of hydrogen-bond donors (Lipinski definition) is 1. The molecule has 0 heterocycles. The van der Waals surface area contributed by atoms with Gasteiger partial charge in [0.05, 0.1) is 17.9 Å². The quantitative estimate of drug-likeness (QED) is 0.546. The van der Waals surface area contributed by atoms with E-state index in [9.17, 15) is 19.7 Å². The van der Waals surface area contributed by atoms with Crippen LogP contribution in [0.2, 0.25) is 0 Å². The predicted molar refractivity (Wildman–Crippen MR) is 90.0 cm³/mol. The Balaban J connectivity index is 2.85. The number of nitrogens with zero attached hydrogens (tertiary/aromatic N) is 3. The summed E-state index contributed by atoms with van der Waals surface area (Å²) in [6.07, 6.45) is -0.131. The van der Waals surface area contributed by atoms with Gasteiger partial charge < -0.3 is 14.9 Å². The van der Waals surface area contributed by atoms with Crippen molar-refractivity contribution in [1.82, 2.24) is 4.90 Å². The maximum absolute atomic E-state index is 12.5. The number of rotatable bonds is 9. The zero-order chi connectivity index (χ0) is 18.3. The smallest absolute Gasteiger partial charge is 0.305 e. The highest BCUT2D eigenvalue weighted by Gasteiger charge is 2.21. The number of carboxylic acids is 1. The summed E-state index contributed by atoms with van der Waals surface area (Å²) in [6, 6.07) is 6.19. The van der Waals surface area contributed by atoms with Gasteiger partial charge in [-0.3, -0.25) is 19.7 Å². The number of nitro benzene ring substituents is 1. The molecule has 0 saturated heterocycles. The minimum absolute atomic E-state index is 0.0583. The van der Waals surface area contributed by atoms with E-state index in [1.807, 2.05) is 13.8 Å². The minimum Gasteiger partial charge on any atom is -0.481 e. The Hall–Kier alpha value is -2.64. The lowest BCUT2D eigenvalue weighted by molar-refractivity contribution is -0.384. The summed E-state index contributed by atoms with van der Waals surface area (Å²) in [6.45, 7) is 4.38. The molecule has 0 saturated carbocycles. The Bertz CT molecular complexity index is 603. The van der Waals surface area contributed by atoms with Crippen LogP contribution in [-0.2, 0) is 9.59 Å². The molecule has 0 radical (unpaired) electrons. The molecule has 24 heavy (non-hydrogen) atoms. The SMILES string of the molecule is CC(C)CN(CCC(=O)O)C(=O)CN(C)c1ccccc1[N+](=O)[O-]. The van der Waals surface area contributed by atoms with Gasteiger partial charge in [-0.1, -0.05) is 26.0 Å². The van der Waals surface area contributed by atoms with Gasteiger partial charge in [-0.15, -0.1) is 0 Å². The molecule has 0 aromatic heterocycles. The molecule has 0 bridgehead atoms. The molecule has 0 aliphatic rings. The van der Waals surface area contributed by atoms with Gasteiger partial charge in [-0.2, -0.15) is 0 Å². The van der Waals surface area contributed by atoms with Gasteiger partial charge in [0, 0.05) is 26.2 Å². The maximum Gasteiger partial charge on any atom is 0.305 e. The van der Waals surface area contributed by atoms with Gasteiger partial charge in [0.15, 0.2) is 0 Å². The monoisotopic (exact) mass is 337 g/mol. The molecule has 132 valence electrons. The van der Waals surface area contributed by atoms with Crippen LogP contribution in [0.4, 0.5) is 11.4 Å². The summed E-state index contributed by atoms with van der Waals surface area (Å²) in [4.78, 5) is 36.8. The second-order valence-corrected chi connectivity index (χ2v) is 5.98. The van der Waals surface area contributed by atoms with Crippen molar-refractivity contribution in [1.29, 1.82) is 0 Å². The van der Waals surface area contributed by atoms with Crippen LogP contribution in [0.25, 0.3) is 0 Å². The van der Waals surface area contributed by atoms with Crippen molar-refractivity contribution in [2.24, 2.45) is 5.92 Å². The number of carboxylic acid groups (broad SMARTS) is 1. The number of aliphatic carboxylic acids is 1. The Kier molecular flexibility index (Phi) is 7.16. The number of amides is 1. The van der Waals surface area contributed by atoms with Gasteiger partial charge in [0.1, 0.15) is 5.69 Å². The number of benzene rings is 1. The number of nitro groups is 1. The molecule has 0 fully saturated rings. The fraction of sp³-hybridized carbons (Fsp3) is 0.500. The van der Waals surface area contributed by atoms with Crippen LogP contribution in [0.15, 0.2) is 24.3 Å². The average Bonchev–Trinajstić information content (AvgIpc) is 2.50. The second kappa shape index (κ2) is 8.85. The fourth-order valence-electron chi connectivity index (χ4n) is 2.32.